The van der Waals surface area contributed by atoms with Crippen LogP contribution in [0.5, 0.6) is 0 Å². The molecule has 0 saturated heterocycles. The standard InChI is InChI=1S/C20H25N3O2/c1-13(2)16-7-5-8-17(11-16)23-20(25)12-21-18-9-6-10-19(14(18)3)22-15(4)24/h5-11,13,21H,12H2,1-4H3,(H,22,24)(H,23,25). The van der Waals surface area contributed by atoms with Gasteiger partial charge >= 0.3 is 0 Å². The van der Waals surface area contributed by atoms with Crippen LogP contribution >= 0.6 is 0 Å². The van der Waals surface area contributed by atoms with Crippen LogP contribution in [-0.2, 0) is 9.59 Å². The number of carbonyl (C=O) groups is 2. The number of anilines is 3. The van der Waals surface area contributed by atoms with Gasteiger partial charge in [0.05, 0.1) is 6.54 Å². The molecule has 0 aliphatic carbocycles. The summed E-state index contributed by atoms with van der Waals surface area (Å²) in [7, 11) is 0. The molecule has 0 aliphatic rings. The molecule has 0 spiro atoms. The first-order valence-corrected chi connectivity index (χ1v) is 8.37. The maximum atomic E-state index is 12.2. The molecule has 0 saturated carbocycles. The lowest BCUT2D eigenvalue weighted by Crippen LogP contribution is -2.22. The average Bonchev–Trinajstić information content (AvgIpc) is 2.55. The molecule has 5 heteroatoms. The summed E-state index contributed by atoms with van der Waals surface area (Å²) in [6.07, 6.45) is 0. The van der Waals surface area contributed by atoms with E-state index in [9.17, 15) is 9.59 Å². The predicted octanol–water partition coefficient (Wildman–Crippen LogP) is 4.13. The van der Waals surface area contributed by atoms with Gasteiger partial charge in [-0.2, -0.15) is 0 Å². The van der Waals surface area contributed by atoms with Crippen LogP contribution in [0.2, 0.25) is 0 Å². The van der Waals surface area contributed by atoms with Crippen LogP contribution in [0.4, 0.5) is 17.1 Å². The van der Waals surface area contributed by atoms with Crippen LogP contribution in [-0.4, -0.2) is 18.4 Å². The molecule has 0 fully saturated rings. The van der Waals surface area contributed by atoms with Crippen LogP contribution in [0, 0.1) is 6.92 Å². The van der Waals surface area contributed by atoms with Crippen LogP contribution in [0.1, 0.15) is 37.8 Å². The summed E-state index contributed by atoms with van der Waals surface area (Å²) >= 11 is 0. The maximum Gasteiger partial charge on any atom is 0.243 e. The molecule has 25 heavy (non-hydrogen) atoms. The van der Waals surface area contributed by atoms with Crippen molar-refractivity contribution in [3.63, 3.8) is 0 Å². The van der Waals surface area contributed by atoms with Gasteiger partial charge in [-0.05, 0) is 48.2 Å². The van der Waals surface area contributed by atoms with Crippen LogP contribution in [0.15, 0.2) is 42.5 Å². The Bertz CT molecular complexity index is 769. The molecule has 5 nitrogen and oxygen atoms in total. The highest BCUT2D eigenvalue weighted by Gasteiger charge is 2.08. The van der Waals surface area contributed by atoms with Crippen molar-refractivity contribution in [2.24, 2.45) is 0 Å². The summed E-state index contributed by atoms with van der Waals surface area (Å²) in [5, 5.41) is 8.80. The van der Waals surface area contributed by atoms with E-state index < -0.39 is 0 Å². The molecule has 2 aromatic rings. The van der Waals surface area contributed by atoms with E-state index in [-0.39, 0.29) is 18.4 Å². The second-order valence-corrected chi connectivity index (χ2v) is 6.34. The molecular formula is C20H25N3O2. The topological polar surface area (TPSA) is 70.2 Å². The van der Waals surface area contributed by atoms with Crippen molar-refractivity contribution >= 4 is 28.9 Å². The largest absolute Gasteiger partial charge is 0.376 e. The van der Waals surface area contributed by atoms with E-state index in [1.807, 2.05) is 43.3 Å². The van der Waals surface area contributed by atoms with Crippen LogP contribution in [0.25, 0.3) is 0 Å². The zero-order chi connectivity index (χ0) is 18.4. The van der Waals surface area contributed by atoms with Crippen molar-refractivity contribution < 1.29 is 9.59 Å². The van der Waals surface area contributed by atoms with Gasteiger partial charge in [0, 0.05) is 24.0 Å². The lowest BCUT2D eigenvalue weighted by Gasteiger charge is -2.14. The Labute approximate surface area is 148 Å². The molecule has 2 amide bonds. The smallest absolute Gasteiger partial charge is 0.243 e. The number of carbonyl (C=O) groups excluding carboxylic acids is 2. The van der Waals surface area contributed by atoms with Crippen LogP contribution < -0.4 is 16.0 Å². The van der Waals surface area contributed by atoms with E-state index in [1.165, 1.54) is 12.5 Å². The Morgan fingerprint density at radius 2 is 1.68 bits per heavy atom. The first-order valence-electron chi connectivity index (χ1n) is 8.37. The van der Waals surface area contributed by atoms with Crippen molar-refractivity contribution in [1.29, 1.82) is 0 Å². The molecule has 0 atom stereocenters. The Morgan fingerprint density at radius 1 is 1.00 bits per heavy atom. The van der Waals surface area contributed by atoms with Crippen LogP contribution in [0.3, 0.4) is 0 Å². The lowest BCUT2D eigenvalue weighted by atomic mass is 10.0. The molecule has 0 heterocycles. The van der Waals surface area contributed by atoms with E-state index in [0.717, 1.165) is 22.6 Å². The van der Waals surface area contributed by atoms with Gasteiger partial charge in [-0.3, -0.25) is 9.59 Å². The fourth-order valence-corrected chi connectivity index (χ4v) is 2.51. The number of nitrogens with one attached hydrogen (secondary N) is 3. The van der Waals surface area contributed by atoms with Gasteiger partial charge in [-0.25, -0.2) is 0 Å². The van der Waals surface area contributed by atoms with Crippen molar-refractivity contribution in [2.45, 2.75) is 33.6 Å². The molecule has 0 radical (unpaired) electrons. The van der Waals surface area contributed by atoms with Gasteiger partial charge in [-0.15, -0.1) is 0 Å². The minimum Gasteiger partial charge on any atom is -0.376 e. The lowest BCUT2D eigenvalue weighted by molar-refractivity contribution is -0.115. The minimum absolute atomic E-state index is 0.120. The molecule has 0 aromatic heterocycles. The van der Waals surface area contributed by atoms with Gasteiger partial charge in [0.25, 0.3) is 0 Å². The molecule has 132 valence electrons. The van der Waals surface area contributed by atoms with Gasteiger partial charge in [0.2, 0.25) is 11.8 Å². The van der Waals surface area contributed by atoms with Gasteiger partial charge in [0.1, 0.15) is 0 Å². The fourth-order valence-electron chi connectivity index (χ4n) is 2.51. The molecule has 0 aliphatic heterocycles. The van der Waals surface area contributed by atoms with E-state index in [1.54, 1.807) is 0 Å². The highest BCUT2D eigenvalue weighted by molar-refractivity contribution is 5.94. The minimum atomic E-state index is -0.122. The summed E-state index contributed by atoms with van der Waals surface area (Å²) < 4.78 is 0. The molecular weight excluding hydrogens is 314 g/mol. The van der Waals surface area contributed by atoms with Gasteiger partial charge < -0.3 is 16.0 Å². The van der Waals surface area contributed by atoms with Crippen molar-refractivity contribution in [3.05, 3.63) is 53.6 Å². The second kappa shape index (κ2) is 8.33. The summed E-state index contributed by atoms with van der Waals surface area (Å²) in [6, 6.07) is 13.4. The third-order valence-corrected chi connectivity index (χ3v) is 3.92. The zero-order valence-electron chi connectivity index (χ0n) is 15.1. The molecule has 0 bridgehead atoms. The molecule has 2 rings (SSSR count). The normalized spacial score (nSPS) is 10.4. The zero-order valence-corrected chi connectivity index (χ0v) is 15.1. The quantitative estimate of drug-likeness (QED) is 0.741. The number of benzene rings is 2. The Kier molecular flexibility index (Phi) is 6.17. The molecule has 3 N–H and O–H groups in total. The predicted molar refractivity (Wildman–Crippen MR) is 103 cm³/mol. The first-order chi connectivity index (χ1) is 11.9. The summed E-state index contributed by atoms with van der Waals surface area (Å²) in [6.45, 7) is 7.76. The second-order valence-electron chi connectivity index (χ2n) is 6.34. The monoisotopic (exact) mass is 339 g/mol. The van der Waals surface area contributed by atoms with Crippen molar-refractivity contribution in [1.82, 2.24) is 0 Å². The third-order valence-electron chi connectivity index (χ3n) is 3.92. The van der Waals surface area contributed by atoms with Crippen molar-refractivity contribution in [2.75, 3.05) is 22.5 Å². The van der Waals surface area contributed by atoms with Gasteiger partial charge in [0.15, 0.2) is 0 Å². The highest BCUT2D eigenvalue weighted by atomic mass is 16.2. The van der Waals surface area contributed by atoms with E-state index >= 15 is 0 Å². The van der Waals surface area contributed by atoms with E-state index in [4.69, 9.17) is 0 Å². The summed E-state index contributed by atoms with van der Waals surface area (Å²) in [5.74, 6) is 0.169. The van der Waals surface area contributed by atoms with Crippen molar-refractivity contribution in [3.8, 4) is 0 Å². The molecule has 0 unspecified atom stereocenters. The van der Waals surface area contributed by atoms with E-state index in [0.29, 0.717) is 5.92 Å². The Morgan fingerprint density at radius 3 is 2.36 bits per heavy atom. The Balaban J connectivity index is 1.98. The van der Waals surface area contributed by atoms with Gasteiger partial charge in [-0.1, -0.05) is 32.0 Å². The SMILES string of the molecule is CC(=O)Nc1cccc(NCC(=O)Nc2cccc(C(C)C)c2)c1C. The highest BCUT2D eigenvalue weighted by Crippen LogP contribution is 2.23. The fraction of sp³-hybridized carbons (Fsp3) is 0.300. The summed E-state index contributed by atoms with van der Waals surface area (Å²) in [5.41, 5.74) is 4.43. The first kappa shape index (κ1) is 18.5. The number of rotatable bonds is 6. The Hall–Kier alpha value is -2.82. The number of hydrogen-bond donors (Lipinski definition) is 3. The summed E-state index contributed by atoms with van der Waals surface area (Å²) in [4.78, 5) is 23.4. The molecule has 2 aromatic carbocycles. The number of amides is 2. The maximum absolute atomic E-state index is 12.2. The number of hydrogen-bond acceptors (Lipinski definition) is 3. The average molecular weight is 339 g/mol. The third kappa shape index (κ3) is 5.35. The van der Waals surface area contributed by atoms with E-state index in [2.05, 4.69) is 35.9 Å².